The summed E-state index contributed by atoms with van der Waals surface area (Å²) in [6.07, 6.45) is -2.89. The van der Waals surface area contributed by atoms with Gasteiger partial charge in [-0.1, -0.05) is 30.3 Å². The Morgan fingerprint density at radius 2 is 1.92 bits per heavy atom. The van der Waals surface area contributed by atoms with Gasteiger partial charge in [0.25, 0.3) is 0 Å². The quantitative estimate of drug-likeness (QED) is 0.371. The number of ether oxygens (including phenoxy) is 1. The van der Waals surface area contributed by atoms with Gasteiger partial charge in [0.15, 0.2) is 0 Å². The lowest BCUT2D eigenvalue weighted by atomic mass is 10.1. The van der Waals surface area contributed by atoms with Crippen molar-refractivity contribution in [2.24, 2.45) is 0 Å². The molecule has 188 valence electrons. The number of hydrogen-bond donors (Lipinski definition) is 2. The Morgan fingerprint density at radius 3 is 2.56 bits per heavy atom. The lowest BCUT2D eigenvalue weighted by molar-refractivity contribution is -0.137. The molecule has 0 saturated heterocycles. The van der Waals surface area contributed by atoms with Crippen LogP contribution >= 0.6 is 0 Å². The van der Waals surface area contributed by atoms with Gasteiger partial charge in [-0.15, -0.1) is 4.73 Å². The van der Waals surface area contributed by atoms with Crippen molar-refractivity contribution in [2.75, 3.05) is 12.0 Å². The Morgan fingerprint density at radius 1 is 1.17 bits per heavy atom. The molecule has 4 rings (SSSR count). The fourth-order valence-corrected chi connectivity index (χ4v) is 3.45. The van der Waals surface area contributed by atoms with Gasteiger partial charge in [0.05, 0.1) is 23.4 Å². The van der Waals surface area contributed by atoms with Crippen LogP contribution in [0.5, 0.6) is 0 Å². The number of carbonyl (C=O) groups excluding carboxylic acids is 1. The van der Waals surface area contributed by atoms with E-state index in [1.54, 1.807) is 44.2 Å². The molecule has 0 bridgehead atoms. The van der Waals surface area contributed by atoms with Gasteiger partial charge in [0.2, 0.25) is 5.82 Å². The van der Waals surface area contributed by atoms with E-state index < -0.39 is 29.2 Å². The number of hydrazine groups is 1. The zero-order chi connectivity index (χ0) is 25.9. The molecule has 0 unspecified atom stereocenters. The lowest BCUT2D eigenvalue weighted by Crippen LogP contribution is -2.37. The number of nitrogens with one attached hydrogen (secondary N) is 2. The highest BCUT2D eigenvalue weighted by atomic mass is 19.4. The van der Waals surface area contributed by atoms with Crippen LogP contribution in [0, 0.1) is 6.92 Å². The summed E-state index contributed by atoms with van der Waals surface area (Å²) in [5.41, 5.74) is 2.78. The average molecular weight is 502 g/mol. The topological polar surface area (TPSA) is 112 Å². The first-order chi connectivity index (χ1) is 17.2. The third kappa shape index (κ3) is 5.09. The number of carbonyl (C=O) groups is 1. The number of fused-ring (bicyclic) bond motifs is 1. The fraction of sp³-hybridized carbons (Fsp3) is 0.217. The first-order valence-corrected chi connectivity index (χ1v) is 10.7. The van der Waals surface area contributed by atoms with Crippen molar-refractivity contribution in [3.05, 3.63) is 82.2 Å². The Hall–Kier alpha value is -4.55. The summed E-state index contributed by atoms with van der Waals surface area (Å²) < 4.78 is 49.0. The average Bonchev–Trinajstić information content (AvgIpc) is 3.27. The maximum atomic E-state index is 14.1. The van der Waals surface area contributed by atoms with Crippen LogP contribution in [-0.4, -0.2) is 32.0 Å². The molecule has 0 aliphatic heterocycles. The maximum absolute atomic E-state index is 14.1. The SMILES string of the molecule is CCOC(=O)NNc1nc2cc(-n3ccnc3C)c(C(F)(F)F)cc2n(OCc2ccccc2)c1=O. The van der Waals surface area contributed by atoms with Crippen molar-refractivity contribution < 1.29 is 27.5 Å². The molecule has 0 radical (unpaired) electrons. The summed E-state index contributed by atoms with van der Waals surface area (Å²) >= 11 is 0. The Kier molecular flexibility index (Phi) is 6.81. The molecular formula is C23H21F3N6O4. The molecular weight excluding hydrogens is 481 g/mol. The molecule has 2 aromatic heterocycles. The molecule has 13 heteroatoms. The monoisotopic (exact) mass is 502 g/mol. The van der Waals surface area contributed by atoms with E-state index in [1.807, 2.05) is 0 Å². The summed E-state index contributed by atoms with van der Waals surface area (Å²) in [7, 11) is 0. The molecule has 2 N–H and O–H groups in total. The largest absolute Gasteiger partial charge is 0.449 e. The smallest absolute Gasteiger partial charge is 0.425 e. The second-order valence-electron chi connectivity index (χ2n) is 7.49. The number of imidazole rings is 1. The van der Waals surface area contributed by atoms with Crippen molar-refractivity contribution in [2.45, 2.75) is 26.6 Å². The van der Waals surface area contributed by atoms with Gasteiger partial charge >= 0.3 is 17.8 Å². The Bertz CT molecular complexity index is 1450. The van der Waals surface area contributed by atoms with Gasteiger partial charge in [-0.25, -0.2) is 20.2 Å². The van der Waals surface area contributed by atoms with Crippen molar-refractivity contribution in [3.8, 4) is 5.69 Å². The molecule has 0 atom stereocenters. The maximum Gasteiger partial charge on any atom is 0.425 e. The molecule has 0 saturated carbocycles. The number of rotatable bonds is 7. The number of alkyl halides is 3. The van der Waals surface area contributed by atoms with Crippen LogP contribution in [0.15, 0.2) is 59.7 Å². The number of benzene rings is 2. The van der Waals surface area contributed by atoms with E-state index in [9.17, 15) is 22.8 Å². The van der Waals surface area contributed by atoms with E-state index in [4.69, 9.17) is 9.57 Å². The molecule has 0 aliphatic carbocycles. The summed E-state index contributed by atoms with van der Waals surface area (Å²) in [6.45, 7) is 3.11. The standard InChI is InChI=1S/C23H21F3N6O4/c1-3-35-22(34)30-29-20-21(33)32(36-13-15-7-5-4-6-8-15)19-11-16(23(24,25)26)18(12-17(19)28-20)31-10-9-27-14(31)2/h4-12H,3,13H2,1-2H3,(H,28,29)(H,30,34). The van der Waals surface area contributed by atoms with Crippen LogP contribution in [-0.2, 0) is 17.5 Å². The second kappa shape index (κ2) is 9.98. The highest BCUT2D eigenvalue weighted by Crippen LogP contribution is 2.36. The third-order valence-corrected chi connectivity index (χ3v) is 5.08. The van der Waals surface area contributed by atoms with Crippen LogP contribution < -0.4 is 21.2 Å². The molecule has 0 fully saturated rings. The van der Waals surface area contributed by atoms with Crippen molar-refractivity contribution >= 4 is 22.9 Å². The number of amides is 1. The number of anilines is 1. The predicted octanol–water partition coefficient (Wildman–Crippen LogP) is 3.61. The summed E-state index contributed by atoms with van der Waals surface area (Å²) in [4.78, 5) is 38.6. The highest BCUT2D eigenvalue weighted by molar-refractivity contribution is 5.81. The zero-order valence-corrected chi connectivity index (χ0v) is 19.2. The molecule has 2 heterocycles. The third-order valence-electron chi connectivity index (χ3n) is 5.08. The van der Waals surface area contributed by atoms with E-state index in [1.165, 1.54) is 23.0 Å². The highest BCUT2D eigenvalue weighted by Gasteiger charge is 2.35. The van der Waals surface area contributed by atoms with E-state index in [0.29, 0.717) is 16.1 Å². The van der Waals surface area contributed by atoms with Crippen molar-refractivity contribution in [3.63, 3.8) is 0 Å². The van der Waals surface area contributed by atoms with E-state index >= 15 is 0 Å². The molecule has 2 aromatic carbocycles. The number of hydrogen-bond acceptors (Lipinski definition) is 7. The van der Waals surface area contributed by atoms with Gasteiger partial charge < -0.3 is 14.1 Å². The fourth-order valence-electron chi connectivity index (χ4n) is 3.45. The molecule has 10 nitrogen and oxygen atoms in total. The zero-order valence-electron chi connectivity index (χ0n) is 19.2. The molecule has 0 aliphatic rings. The normalized spacial score (nSPS) is 11.4. The first-order valence-electron chi connectivity index (χ1n) is 10.7. The number of halogens is 3. The van der Waals surface area contributed by atoms with Gasteiger partial charge in [-0.3, -0.25) is 10.2 Å². The molecule has 4 aromatic rings. The number of aromatic nitrogens is 4. The summed E-state index contributed by atoms with van der Waals surface area (Å²) in [5.74, 6) is -0.0764. The van der Waals surface area contributed by atoms with Crippen LogP contribution in [0.25, 0.3) is 16.7 Å². The summed E-state index contributed by atoms with van der Waals surface area (Å²) in [6, 6.07) is 10.7. The minimum atomic E-state index is -4.76. The van der Waals surface area contributed by atoms with Crippen LogP contribution in [0.1, 0.15) is 23.9 Å². The van der Waals surface area contributed by atoms with Crippen molar-refractivity contribution in [1.82, 2.24) is 24.7 Å². The van der Waals surface area contributed by atoms with Gasteiger partial charge in [-0.2, -0.15) is 13.2 Å². The minimum absolute atomic E-state index is 0.00748. The molecule has 1 amide bonds. The van der Waals surface area contributed by atoms with E-state index in [2.05, 4.69) is 20.8 Å². The van der Waals surface area contributed by atoms with Crippen LogP contribution in [0.3, 0.4) is 0 Å². The Balaban J connectivity index is 1.89. The van der Waals surface area contributed by atoms with Crippen LogP contribution in [0.2, 0.25) is 0 Å². The lowest BCUT2D eigenvalue weighted by Gasteiger charge is -2.19. The predicted molar refractivity (Wildman–Crippen MR) is 123 cm³/mol. The van der Waals surface area contributed by atoms with Gasteiger partial charge in [0.1, 0.15) is 17.9 Å². The van der Waals surface area contributed by atoms with Gasteiger partial charge in [-0.05, 0) is 31.5 Å². The molecule has 0 spiro atoms. The summed E-state index contributed by atoms with van der Waals surface area (Å²) in [5, 5.41) is 0. The minimum Gasteiger partial charge on any atom is -0.449 e. The number of aryl methyl sites for hydroxylation is 1. The second-order valence-corrected chi connectivity index (χ2v) is 7.49. The van der Waals surface area contributed by atoms with Crippen LogP contribution in [0.4, 0.5) is 23.8 Å². The van der Waals surface area contributed by atoms with Crippen molar-refractivity contribution in [1.29, 1.82) is 0 Å². The van der Waals surface area contributed by atoms with Gasteiger partial charge in [0, 0.05) is 12.4 Å². The van der Waals surface area contributed by atoms with E-state index in [-0.39, 0.29) is 29.9 Å². The molecule has 36 heavy (non-hydrogen) atoms. The number of nitrogens with zero attached hydrogens (tertiary/aromatic N) is 4. The van der Waals surface area contributed by atoms with E-state index in [0.717, 1.165) is 6.07 Å². The first kappa shape index (κ1) is 24.6. The Labute approximate surface area is 202 Å².